The molecule has 0 aliphatic rings. The van der Waals surface area contributed by atoms with E-state index in [1.165, 1.54) is 6.07 Å². The first kappa shape index (κ1) is 11.5. The minimum atomic E-state index is -0.166. The SMILES string of the molecule is CCCCn1cc(C(=O)NC)ccc1=O. The van der Waals surface area contributed by atoms with Crippen LogP contribution in [0.15, 0.2) is 23.1 Å². The van der Waals surface area contributed by atoms with Crippen LogP contribution in [0.4, 0.5) is 0 Å². The molecule has 0 bridgehead atoms. The molecule has 1 heterocycles. The lowest BCUT2D eigenvalue weighted by atomic mass is 10.2. The minimum absolute atomic E-state index is 0.0592. The Hall–Kier alpha value is -1.58. The van der Waals surface area contributed by atoms with Crippen molar-refractivity contribution >= 4 is 5.91 Å². The zero-order chi connectivity index (χ0) is 11.3. The molecule has 0 aliphatic carbocycles. The lowest BCUT2D eigenvalue weighted by Crippen LogP contribution is -2.24. The third kappa shape index (κ3) is 2.94. The predicted molar refractivity (Wildman–Crippen MR) is 59.0 cm³/mol. The van der Waals surface area contributed by atoms with Gasteiger partial charge < -0.3 is 9.88 Å². The lowest BCUT2D eigenvalue weighted by molar-refractivity contribution is 0.0962. The Morgan fingerprint density at radius 1 is 1.47 bits per heavy atom. The zero-order valence-electron chi connectivity index (χ0n) is 9.12. The van der Waals surface area contributed by atoms with Crippen molar-refractivity contribution < 1.29 is 4.79 Å². The summed E-state index contributed by atoms with van der Waals surface area (Å²) in [6.45, 7) is 2.73. The molecule has 1 aromatic heterocycles. The Bertz CT molecular complexity index is 396. The first-order valence-electron chi connectivity index (χ1n) is 5.11. The van der Waals surface area contributed by atoms with Gasteiger partial charge >= 0.3 is 0 Å². The second kappa shape index (κ2) is 5.34. The van der Waals surface area contributed by atoms with Crippen molar-refractivity contribution in [2.45, 2.75) is 26.3 Å². The van der Waals surface area contributed by atoms with E-state index in [1.807, 2.05) is 0 Å². The number of amides is 1. The molecule has 0 aliphatic heterocycles. The standard InChI is InChI=1S/C11H16N2O2/c1-3-4-7-13-8-9(11(15)12-2)5-6-10(13)14/h5-6,8H,3-4,7H2,1-2H3,(H,12,15). The Labute approximate surface area is 88.9 Å². The van der Waals surface area contributed by atoms with Gasteiger partial charge in [-0.25, -0.2) is 0 Å². The molecule has 1 rings (SSSR count). The molecule has 0 fully saturated rings. The molecule has 0 aromatic carbocycles. The fourth-order valence-electron chi connectivity index (χ4n) is 1.31. The van der Waals surface area contributed by atoms with E-state index >= 15 is 0 Å². The van der Waals surface area contributed by atoms with Crippen molar-refractivity contribution in [2.24, 2.45) is 0 Å². The van der Waals surface area contributed by atoms with Crippen molar-refractivity contribution in [2.75, 3.05) is 7.05 Å². The highest BCUT2D eigenvalue weighted by Crippen LogP contribution is 1.97. The van der Waals surface area contributed by atoms with E-state index in [4.69, 9.17) is 0 Å². The number of rotatable bonds is 4. The molecular weight excluding hydrogens is 192 g/mol. The van der Waals surface area contributed by atoms with Gasteiger partial charge in [0.1, 0.15) is 0 Å². The second-order valence-electron chi connectivity index (χ2n) is 3.38. The van der Waals surface area contributed by atoms with Gasteiger partial charge in [-0.2, -0.15) is 0 Å². The minimum Gasteiger partial charge on any atom is -0.355 e. The Kier molecular flexibility index (Phi) is 4.09. The van der Waals surface area contributed by atoms with Crippen molar-refractivity contribution in [1.82, 2.24) is 9.88 Å². The number of unbranched alkanes of at least 4 members (excludes halogenated alkanes) is 1. The smallest absolute Gasteiger partial charge is 0.252 e. The van der Waals surface area contributed by atoms with Crippen LogP contribution in [0, 0.1) is 0 Å². The lowest BCUT2D eigenvalue weighted by Gasteiger charge is -2.06. The Balaban J connectivity index is 2.95. The molecule has 0 saturated heterocycles. The highest BCUT2D eigenvalue weighted by atomic mass is 16.1. The molecular formula is C11H16N2O2. The zero-order valence-corrected chi connectivity index (χ0v) is 9.12. The van der Waals surface area contributed by atoms with Gasteiger partial charge in [-0.1, -0.05) is 13.3 Å². The van der Waals surface area contributed by atoms with Gasteiger partial charge in [0.25, 0.3) is 11.5 Å². The fourth-order valence-corrected chi connectivity index (χ4v) is 1.31. The summed E-state index contributed by atoms with van der Waals surface area (Å²) in [6.07, 6.45) is 3.57. The maximum Gasteiger partial charge on any atom is 0.252 e. The number of nitrogens with zero attached hydrogens (tertiary/aromatic N) is 1. The van der Waals surface area contributed by atoms with E-state index in [9.17, 15) is 9.59 Å². The average Bonchev–Trinajstić information content (AvgIpc) is 2.27. The third-order valence-corrected chi connectivity index (χ3v) is 2.23. The van der Waals surface area contributed by atoms with Crippen LogP contribution < -0.4 is 10.9 Å². The molecule has 1 aromatic rings. The molecule has 82 valence electrons. The molecule has 0 unspecified atom stereocenters. The number of pyridine rings is 1. The van der Waals surface area contributed by atoms with Crippen LogP contribution in [-0.4, -0.2) is 17.5 Å². The Morgan fingerprint density at radius 3 is 2.80 bits per heavy atom. The Morgan fingerprint density at radius 2 is 2.20 bits per heavy atom. The van der Waals surface area contributed by atoms with Gasteiger partial charge in [0, 0.05) is 25.9 Å². The van der Waals surface area contributed by atoms with E-state index in [0.717, 1.165) is 12.8 Å². The van der Waals surface area contributed by atoms with E-state index in [0.29, 0.717) is 12.1 Å². The quantitative estimate of drug-likeness (QED) is 0.802. The van der Waals surface area contributed by atoms with Gasteiger partial charge in [0.2, 0.25) is 0 Å². The summed E-state index contributed by atoms with van der Waals surface area (Å²) in [5, 5.41) is 2.53. The van der Waals surface area contributed by atoms with Crippen molar-refractivity contribution in [3.8, 4) is 0 Å². The molecule has 0 radical (unpaired) electrons. The first-order valence-corrected chi connectivity index (χ1v) is 5.11. The summed E-state index contributed by atoms with van der Waals surface area (Å²) < 4.78 is 1.58. The fraction of sp³-hybridized carbons (Fsp3) is 0.455. The summed E-state index contributed by atoms with van der Waals surface area (Å²) in [5.74, 6) is -0.166. The molecule has 4 heteroatoms. The topological polar surface area (TPSA) is 51.1 Å². The van der Waals surface area contributed by atoms with E-state index in [-0.39, 0.29) is 11.5 Å². The van der Waals surface area contributed by atoms with Crippen LogP contribution in [0.1, 0.15) is 30.1 Å². The van der Waals surface area contributed by atoms with E-state index in [2.05, 4.69) is 12.2 Å². The molecule has 0 saturated carbocycles. The molecule has 1 amide bonds. The van der Waals surface area contributed by atoms with Crippen LogP contribution in [0.2, 0.25) is 0 Å². The molecule has 0 atom stereocenters. The van der Waals surface area contributed by atoms with Crippen molar-refractivity contribution in [1.29, 1.82) is 0 Å². The summed E-state index contributed by atoms with van der Waals surface area (Å²) in [6, 6.07) is 2.98. The summed E-state index contributed by atoms with van der Waals surface area (Å²) in [5.41, 5.74) is 0.462. The molecule has 15 heavy (non-hydrogen) atoms. The third-order valence-electron chi connectivity index (χ3n) is 2.23. The number of hydrogen-bond acceptors (Lipinski definition) is 2. The monoisotopic (exact) mass is 208 g/mol. The van der Waals surface area contributed by atoms with Crippen LogP contribution in [0.3, 0.4) is 0 Å². The van der Waals surface area contributed by atoms with E-state index < -0.39 is 0 Å². The van der Waals surface area contributed by atoms with Gasteiger partial charge in [-0.05, 0) is 12.5 Å². The summed E-state index contributed by atoms with van der Waals surface area (Å²) >= 11 is 0. The van der Waals surface area contributed by atoms with Crippen LogP contribution in [0.25, 0.3) is 0 Å². The first-order chi connectivity index (χ1) is 7.19. The summed E-state index contributed by atoms with van der Waals surface area (Å²) in [7, 11) is 1.57. The average molecular weight is 208 g/mol. The van der Waals surface area contributed by atoms with Crippen LogP contribution in [0.5, 0.6) is 0 Å². The largest absolute Gasteiger partial charge is 0.355 e. The summed E-state index contributed by atoms with van der Waals surface area (Å²) in [4.78, 5) is 22.7. The molecule has 1 N–H and O–H groups in total. The number of hydrogen-bond donors (Lipinski definition) is 1. The van der Waals surface area contributed by atoms with Crippen molar-refractivity contribution in [3.05, 3.63) is 34.2 Å². The number of aromatic nitrogens is 1. The normalized spacial score (nSPS) is 10.0. The number of nitrogens with one attached hydrogen (secondary N) is 1. The van der Waals surface area contributed by atoms with E-state index in [1.54, 1.807) is 23.9 Å². The number of aryl methyl sites for hydroxylation is 1. The van der Waals surface area contributed by atoms with Gasteiger partial charge in [0.05, 0.1) is 5.56 Å². The highest BCUT2D eigenvalue weighted by Gasteiger charge is 2.04. The van der Waals surface area contributed by atoms with Crippen molar-refractivity contribution in [3.63, 3.8) is 0 Å². The number of carbonyl (C=O) groups is 1. The van der Waals surface area contributed by atoms with Gasteiger partial charge in [-0.3, -0.25) is 9.59 Å². The van der Waals surface area contributed by atoms with Crippen LogP contribution >= 0.6 is 0 Å². The second-order valence-corrected chi connectivity index (χ2v) is 3.38. The predicted octanol–water partition coefficient (Wildman–Crippen LogP) is 1.01. The number of carbonyl (C=O) groups excluding carboxylic acids is 1. The maximum atomic E-state index is 11.4. The molecule has 0 spiro atoms. The van der Waals surface area contributed by atoms with Gasteiger partial charge in [0.15, 0.2) is 0 Å². The molecule has 4 nitrogen and oxygen atoms in total. The maximum absolute atomic E-state index is 11.4. The van der Waals surface area contributed by atoms with Gasteiger partial charge in [-0.15, -0.1) is 0 Å². The highest BCUT2D eigenvalue weighted by molar-refractivity contribution is 5.93. The van der Waals surface area contributed by atoms with Crippen LogP contribution in [-0.2, 0) is 6.54 Å².